The Bertz CT molecular complexity index is 535. The van der Waals surface area contributed by atoms with Gasteiger partial charge in [-0.3, -0.25) is 0 Å². The average molecular weight is 239 g/mol. The minimum atomic E-state index is -1.03. The number of aromatic carboxylic acids is 1. The normalized spacial score (nSPS) is 10.4. The number of rotatable bonds is 2. The van der Waals surface area contributed by atoms with Crippen LogP contribution in [0, 0.1) is 6.92 Å². The van der Waals surface area contributed by atoms with Gasteiger partial charge in [0.05, 0.1) is 23.1 Å². The van der Waals surface area contributed by atoms with Crippen LogP contribution in [0.15, 0.2) is 18.6 Å². The Balaban J connectivity index is 2.45. The second-order valence-electron chi connectivity index (χ2n) is 3.08. The van der Waals surface area contributed by atoms with Crippen LogP contribution >= 0.6 is 11.6 Å². The molecule has 0 fully saturated rings. The lowest BCUT2D eigenvalue weighted by Crippen LogP contribution is -2.01. The highest BCUT2D eigenvalue weighted by atomic mass is 35.5. The maximum Gasteiger partial charge on any atom is 0.339 e. The van der Waals surface area contributed by atoms with E-state index in [0.717, 1.165) is 0 Å². The molecule has 0 saturated carbocycles. The topological polar surface area (TPSA) is 80.9 Å². The Morgan fingerprint density at radius 2 is 2.06 bits per heavy atom. The minimum Gasteiger partial charge on any atom is -0.478 e. The average Bonchev–Trinajstić information content (AvgIpc) is 2.61. The number of carbonyl (C=O) groups is 1. The van der Waals surface area contributed by atoms with Crippen molar-refractivity contribution in [2.75, 3.05) is 0 Å². The van der Waals surface area contributed by atoms with Crippen LogP contribution < -0.4 is 0 Å². The molecule has 2 heterocycles. The molecule has 0 saturated heterocycles. The summed E-state index contributed by atoms with van der Waals surface area (Å²) in [5.41, 5.74) is 0.532. The fourth-order valence-corrected chi connectivity index (χ4v) is 1.29. The first-order valence-corrected chi connectivity index (χ1v) is 4.73. The van der Waals surface area contributed by atoms with Crippen molar-refractivity contribution in [2.45, 2.75) is 6.92 Å². The van der Waals surface area contributed by atoms with Crippen molar-refractivity contribution < 1.29 is 9.90 Å². The van der Waals surface area contributed by atoms with Gasteiger partial charge >= 0.3 is 5.97 Å². The number of aryl methyl sites for hydroxylation is 1. The number of carboxylic acids is 1. The lowest BCUT2D eigenvalue weighted by molar-refractivity contribution is 0.0696. The van der Waals surface area contributed by atoms with E-state index in [1.807, 2.05) is 0 Å². The third-order valence-corrected chi connectivity index (χ3v) is 2.14. The molecule has 6 nitrogen and oxygen atoms in total. The molecule has 0 aliphatic rings. The van der Waals surface area contributed by atoms with Crippen LogP contribution in [0.1, 0.15) is 16.1 Å². The quantitative estimate of drug-likeness (QED) is 0.853. The van der Waals surface area contributed by atoms with E-state index < -0.39 is 5.97 Å². The molecule has 0 atom stereocenters. The van der Waals surface area contributed by atoms with Crippen molar-refractivity contribution in [3.8, 4) is 5.95 Å². The standard InChI is InChI=1S/C9H7ClN4O2/c1-5-7(8(15)16)4-14(13-5)9-11-2-6(10)3-12-9/h2-4H,1H3,(H,15,16). The first-order chi connectivity index (χ1) is 7.58. The van der Waals surface area contributed by atoms with Gasteiger partial charge in [0, 0.05) is 6.20 Å². The van der Waals surface area contributed by atoms with Crippen LogP contribution in [-0.4, -0.2) is 30.8 Å². The maximum atomic E-state index is 10.8. The molecule has 82 valence electrons. The predicted molar refractivity (Wildman–Crippen MR) is 55.9 cm³/mol. The highest BCUT2D eigenvalue weighted by Crippen LogP contribution is 2.10. The monoisotopic (exact) mass is 238 g/mol. The van der Waals surface area contributed by atoms with Crippen molar-refractivity contribution in [3.05, 3.63) is 34.9 Å². The molecule has 0 spiro atoms. The zero-order valence-electron chi connectivity index (χ0n) is 8.25. The Morgan fingerprint density at radius 1 is 1.44 bits per heavy atom. The summed E-state index contributed by atoms with van der Waals surface area (Å²) >= 11 is 5.64. The van der Waals surface area contributed by atoms with Crippen molar-refractivity contribution in [1.29, 1.82) is 0 Å². The SMILES string of the molecule is Cc1nn(-c2ncc(Cl)cn2)cc1C(=O)O. The molecule has 2 rings (SSSR count). The third kappa shape index (κ3) is 1.87. The second-order valence-corrected chi connectivity index (χ2v) is 3.52. The van der Waals surface area contributed by atoms with Crippen molar-refractivity contribution in [2.24, 2.45) is 0 Å². The summed E-state index contributed by atoms with van der Waals surface area (Å²) in [6.07, 6.45) is 4.20. The van der Waals surface area contributed by atoms with E-state index in [4.69, 9.17) is 16.7 Å². The van der Waals surface area contributed by atoms with Crippen LogP contribution in [0.5, 0.6) is 0 Å². The fourth-order valence-electron chi connectivity index (χ4n) is 1.20. The Kier molecular flexibility index (Phi) is 2.57. The predicted octanol–water partition coefficient (Wildman–Crippen LogP) is 1.32. The summed E-state index contributed by atoms with van der Waals surface area (Å²) in [5, 5.41) is 13.3. The van der Waals surface area contributed by atoms with E-state index in [2.05, 4.69) is 15.1 Å². The third-order valence-electron chi connectivity index (χ3n) is 1.94. The van der Waals surface area contributed by atoms with Gasteiger partial charge in [-0.1, -0.05) is 11.6 Å². The summed E-state index contributed by atoms with van der Waals surface area (Å²) in [4.78, 5) is 18.7. The molecule has 0 bridgehead atoms. The highest BCUT2D eigenvalue weighted by Gasteiger charge is 2.13. The first kappa shape index (κ1) is 10.6. The van der Waals surface area contributed by atoms with E-state index >= 15 is 0 Å². The molecule has 1 N–H and O–H groups in total. The van der Waals surface area contributed by atoms with Crippen LogP contribution in [0.2, 0.25) is 5.02 Å². The van der Waals surface area contributed by atoms with Gasteiger partial charge in [-0.2, -0.15) is 5.10 Å². The Labute approximate surface area is 95.5 Å². The molecule has 0 unspecified atom stereocenters. The van der Waals surface area contributed by atoms with Crippen LogP contribution in [-0.2, 0) is 0 Å². The van der Waals surface area contributed by atoms with Gasteiger partial charge in [-0.15, -0.1) is 0 Å². The molecule has 16 heavy (non-hydrogen) atoms. The summed E-state index contributed by atoms with van der Waals surface area (Å²) in [7, 11) is 0. The number of aromatic nitrogens is 4. The molecule has 7 heteroatoms. The minimum absolute atomic E-state index is 0.124. The number of nitrogens with zero attached hydrogens (tertiary/aromatic N) is 4. The lowest BCUT2D eigenvalue weighted by atomic mass is 10.3. The van der Waals surface area contributed by atoms with Crippen molar-refractivity contribution in [1.82, 2.24) is 19.7 Å². The zero-order chi connectivity index (χ0) is 11.7. The number of hydrogen-bond donors (Lipinski definition) is 1. The fraction of sp³-hybridized carbons (Fsp3) is 0.111. The molecule has 0 aliphatic carbocycles. The van der Waals surface area contributed by atoms with Gasteiger partial charge in [-0.05, 0) is 6.92 Å². The van der Waals surface area contributed by atoms with Gasteiger partial charge in [0.25, 0.3) is 5.95 Å². The zero-order valence-corrected chi connectivity index (χ0v) is 9.01. The molecule has 0 aromatic carbocycles. The van der Waals surface area contributed by atoms with E-state index in [9.17, 15) is 4.79 Å². The maximum absolute atomic E-state index is 10.8. The summed E-state index contributed by atoms with van der Waals surface area (Å²) in [6.45, 7) is 1.61. The molecular weight excluding hydrogens is 232 g/mol. The molecular formula is C9H7ClN4O2. The number of halogens is 1. The highest BCUT2D eigenvalue weighted by molar-refractivity contribution is 6.30. The molecule has 0 radical (unpaired) electrons. The molecule has 2 aromatic heterocycles. The van der Waals surface area contributed by atoms with E-state index in [0.29, 0.717) is 10.7 Å². The van der Waals surface area contributed by atoms with E-state index in [1.165, 1.54) is 23.3 Å². The first-order valence-electron chi connectivity index (χ1n) is 4.35. The molecule has 0 amide bonds. The lowest BCUT2D eigenvalue weighted by Gasteiger charge is -1.97. The summed E-state index contributed by atoms with van der Waals surface area (Å²) < 4.78 is 1.30. The van der Waals surface area contributed by atoms with Crippen LogP contribution in [0.4, 0.5) is 0 Å². The van der Waals surface area contributed by atoms with Gasteiger partial charge < -0.3 is 5.11 Å². The van der Waals surface area contributed by atoms with Crippen molar-refractivity contribution in [3.63, 3.8) is 0 Å². The van der Waals surface area contributed by atoms with Crippen LogP contribution in [0.3, 0.4) is 0 Å². The Morgan fingerprint density at radius 3 is 2.56 bits per heavy atom. The molecule has 2 aromatic rings. The second kappa shape index (κ2) is 3.90. The van der Waals surface area contributed by atoms with Gasteiger partial charge in [0.2, 0.25) is 0 Å². The summed E-state index contributed by atoms with van der Waals surface area (Å²) in [5.74, 6) is -0.752. The van der Waals surface area contributed by atoms with E-state index in [1.54, 1.807) is 6.92 Å². The van der Waals surface area contributed by atoms with Gasteiger partial charge in [0.1, 0.15) is 5.56 Å². The van der Waals surface area contributed by atoms with Gasteiger partial charge in [-0.25, -0.2) is 19.4 Å². The number of hydrogen-bond acceptors (Lipinski definition) is 4. The molecule has 0 aliphatic heterocycles. The number of carboxylic acid groups (broad SMARTS) is 1. The smallest absolute Gasteiger partial charge is 0.339 e. The largest absolute Gasteiger partial charge is 0.478 e. The Hall–Kier alpha value is -1.95. The van der Waals surface area contributed by atoms with Crippen LogP contribution in [0.25, 0.3) is 5.95 Å². The summed E-state index contributed by atoms with van der Waals surface area (Å²) in [6, 6.07) is 0. The van der Waals surface area contributed by atoms with Gasteiger partial charge in [0.15, 0.2) is 0 Å². The van der Waals surface area contributed by atoms with Crippen molar-refractivity contribution >= 4 is 17.6 Å². The van der Waals surface area contributed by atoms with E-state index in [-0.39, 0.29) is 11.5 Å².